The van der Waals surface area contributed by atoms with Gasteiger partial charge in [-0.1, -0.05) is 0 Å². The molecule has 0 saturated carbocycles. The topological polar surface area (TPSA) is 99.6 Å². The second-order valence-electron chi connectivity index (χ2n) is 2.04. The van der Waals surface area contributed by atoms with Crippen LogP contribution in [0.25, 0.3) is 0 Å². The summed E-state index contributed by atoms with van der Waals surface area (Å²) in [4.78, 5) is 9.61. The zero-order valence-corrected chi connectivity index (χ0v) is 5.89. The van der Waals surface area contributed by atoms with Crippen LogP contribution in [-0.4, -0.2) is 10.0 Å². The summed E-state index contributed by atoms with van der Waals surface area (Å²) in [5.74, 6) is -0.147. The van der Waals surface area contributed by atoms with Crippen molar-refractivity contribution in [3.63, 3.8) is 0 Å². The minimum absolute atomic E-state index is 0.147. The van der Waals surface area contributed by atoms with Gasteiger partial charge in [0.25, 0.3) is 5.69 Å². The molecule has 0 fully saturated rings. The van der Waals surface area contributed by atoms with Gasteiger partial charge in [-0.05, 0) is 6.07 Å². The molecule has 0 aliphatic heterocycles. The lowest BCUT2D eigenvalue weighted by Crippen LogP contribution is -1.87. The third-order valence-corrected chi connectivity index (χ3v) is 1.28. The number of hydrogen-bond donors (Lipinski definition) is 2. The van der Waals surface area contributed by atoms with E-state index in [-0.39, 0.29) is 17.1 Å². The van der Waals surface area contributed by atoms with Crippen molar-refractivity contribution in [2.75, 3.05) is 0 Å². The number of aromatic hydroxyl groups is 1. The number of nitrogens with zero attached hydrogens (tertiary/aromatic N) is 2. The van der Waals surface area contributed by atoms with Gasteiger partial charge in [-0.2, -0.15) is 5.11 Å². The number of nitro benzene ring substituents is 1. The van der Waals surface area contributed by atoms with E-state index in [9.17, 15) is 10.1 Å². The van der Waals surface area contributed by atoms with Gasteiger partial charge < -0.3 is 5.11 Å². The molecule has 0 aromatic heterocycles. The zero-order valence-electron chi connectivity index (χ0n) is 5.89. The summed E-state index contributed by atoms with van der Waals surface area (Å²) < 4.78 is 0. The van der Waals surface area contributed by atoms with E-state index in [1.54, 1.807) is 0 Å². The molecule has 6 heteroatoms. The number of rotatable bonds is 2. The Morgan fingerprint density at radius 1 is 1.58 bits per heavy atom. The second-order valence-corrected chi connectivity index (χ2v) is 2.04. The highest BCUT2D eigenvalue weighted by molar-refractivity contribution is 5.59. The van der Waals surface area contributed by atoms with Crippen molar-refractivity contribution in [3.8, 4) is 5.75 Å². The molecule has 1 rings (SSSR count). The van der Waals surface area contributed by atoms with E-state index in [1.165, 1.54) is 6.07 Å². The van der Waals surface area contributed by atoms with Crippen LogP contribution in [0.3, 0.4) is 0 Å². The molecule has 12 heavy (non-hydrogen) atoms. The van der Waals surface area contributed by atoms with Crippen molar-refractivity contribution in [3.05, 3.63) is 28.3 Å². The fourth-order valence-electron chi connectivity index (χ4n) is 0.756. The molecule has 1 aromatic rings. The zero-order chi connectivity index (χ0) is 9.14. The summed E-state index contributed by atoms with van der Waals surface area (Å²) in [6.45, 7) is 0. The molecule has 2 N–H and O–H groups in total. The first-order valence-corrected chi connectivity index (χ1v) is 3.00. The van der Waals surface area contributed by atoms with E-state index in [0.29, 0.717) is 0 Å². The van der Waals surface area contributed by atoms with Crippen molar-refractivity contribution in [2.45, 2.75) is 0 Å². The number of benzene rings is 1. The van der Waals surface area contributed by atoms with E-state index >= 15 is 0 Å². The van der Waals surface area contributed by atoms with Gasteiger partial charge in [-0.15, -0.1) is 0 Å². The molecule has 0 unspecified atom stereocenters. The lowest BCUT2D eigenvalue weighted by Gasteiger charge is -1.95. The van der Waals surface area contributed by atoms with Crippen molar-refractivity contribution < 1.29 is 10.0 Å². The minimum atomic E-state index is -0.660. The standard InChI is InChI=1S/C6H5N3O3/c7-8-5-3-4(10)1-2-6(5)9(11)12/h1-3,7,10H. The van der Waals surface area contributed by atoms with Crippen LogP contribution in [0, 0.1) is 15.6 Å². The van der Waals surface area contributed by atoms with Gasteiger partial charge in [0.2, 0.25) is 0 Å². The fourth-order valence-corrected chi connectivity index (χ4v) is 0.756. The Bertz CT molecular complexity index is 337. The van der Waals surface area contributed by atoms with E-state index in [2.05, 4.69) is 5.11 Å². The third-order valence-electron chi connectivity index (χ3n) is 1.28. The SMILES string of the molecule is N=Nc1cc(O)ccc1[N+](=O)[O-]. The van der Waals surface area contributed by atoms with Crippen LogP contribution >= 0.6 is 0 Å². The van der Waals surface area contributed by atoms with Crippen molar-refractivity contribution in [2.24, 2.45) is 5.11 Å². The van der Waals surface area contributed by atoms with Crippen LogP contribution in [0.2, 0.25) is 0 Å². The Balaban J connectivity index is 3.29. The van der Waals surface area contributed by atoms with Gasteiger partial charge in [0, 0.05) is 12.1 Å². The molecular weight excluding hydrogens is 162 g/mol. The predicted molar refractivity (Wildman–Crippen MR) is 39.6 cm³/mol. The number of phenolic OH excluding ortho intramolecular Hbond substituents is 1. The molecule has 0 aliphatic carbocycles. The first kappa shape index (κ1) is 8.12. The monoisotopic (exact) mass is 167 g/mol. The smallest absolute Gasteiger partial charge is 0.296 e. The second kappa shape index (κ2) is 2.95. The van der Waals surface area contributed by atoms with Gasteiger partial charge in [0.1, 0.15) is 5.75 Å². The summed E-state index contributed by atoms with van der Waals surface area (Å²) in [5, 5.41) is 22.1. The van der Waals surface area contributed by atoms with Crippen LogP contribution in [0.15, 0.2) is 23.3 Å². The summed E-state index contributed by atoms with van der Waals surface area (Å²) in [5.41, 5.74) is 6.14. The lowest BCUT2D eigenvalue weighted by atomic mass is 10.2. The molecule has 0 radical (unpaired) electrons. The number of phenols is 1. The maximum Gasteiger partial charge on any atom is 0.296 e. The van der Waals surface area contributed by atoms with E-state index in [1.807, 2.05) is 0 Å². The highest BCUT2D eigenvalue weighted by Crippen LogP contribution is 2.30. The first-order valence-electron chi connectivity index (χ1n) is 3.00. The number of nitro groups is 1. The van der Waals surface area contributed by atoms with Gasteiger partial charge >= 0.3 is 0 Å². The van der Waals surface area contributed by atoms with Gasteiger partial charge in [-0.3, -0.25) is 10.1 Å². The van der Waals surface area contributed by atoms with Gasteiger partial charge in [0.15, 0.2) is 5.69 Å². The quantitative estimate of drug-likeness (QED) is 0.400. The number of hydrogen-bond acceptors (Lipinski definition) is 5. The Hall–Kier alpha value is -1.98. The molecule has 0 bridgehead atoms. The summed E-state index contributed by atoms with van der Waals surface area (Å²) >= 11 is 0. The first-order chi connectivity index (χ1) is 5.65. The lowest BCUT2D eigenvalue weighted by molar-refractivity contribution is -0.384. The van der Waals surface area contributed by atoms with Gasteiger partial charge in [0.05, 0.1) is 4.92 Å². The number of nitrogens with one attached hydrogen (secondary N) is 1. The summed E-state index contributed by atoms with van der Waals surface area (Å²) in [7, 11) is 0. The van der Waals surface area contributed by atoms with Crippen LogP contribution < -0.4 is 0 Å². The molecular formula is C6H5N3O3. The molecule has 6 nitrogen and oxygen atoms in total. The van der Waals surface area contributed by atoms with E-state index in [4.69, 9.17) is 10.6 Å². The Morgan fingerprint density at radius 3 is 2.75 bits per heavy atom. The maximum absolute atomic E-state index is 10.3. The molecule has 0 amide bonds. The maximum atomic E-state index is 10.3. The molecule has 0 saturated heterocycles. The largest absolute Gasteiger partial charge is 0.508 e. The summed E-state index contributed by atoms with van der Waals surface area (Å²) in [6.07, 6.45) is 0. The Kier molecular flexibility index (Phi) is 2.00. The predicted octanol–water partition coefficient (Wildman–Crippen LogP) is 1.96. The molecule has 0 aliphatic rings. The molecule has 1 aromatic carbocycles. The minimum Gasteiger partial charge on any atom is -0.508 e. The molecule has 0 spiro atoms. The van der Waals surface area contributed by atoms with E-state index in [0.717, 1.165) is 12.1 Å². The van der Waals surface area contributed by atoms with Crippen LogP contribution in [0.1, 0.15) is 0 Å². The van der Waals surface area contributed by atoms with Crippen molar-refractivity contribution >= 4 is 11.4 Å². The van der Waals surface area contributed by atoms with Gasteiger partial charge in [-0.25, -0.2) is 5.53 Å². The van der Waals surface area contributed by atoms with Crippen molar-refractivity contribution in [1.82, 2.24) is 0 Å². The molecule has 0 heterocycles. The Labute approximate surface area is 67.1 Å². The summed E-state index contributed by atoms with van der Waals surface area (Å²) in [6, 6.07) is 3.33. The van der Waals surface area contributed by atoms with Crippen LogP contribution in [0.5, 0.6) is 5.75 Å². The average Bonchev–Trinajstić information content (AvgIpc) is 2.03. The normalized spacial score (nSPS) is 9.33. The van der Waals surface area contributed by atoms with Crippen LogP contribution in [-0.2, 0) is 0 Å². The van der Waals surface area contributed by atoms with Crippen LogP contribution in [0.4, 0.5) is 11.4 Å². The van der Waals surface area contributed by atoms with Crippen molar-refractivity contribution in [1.29, 1.82) is 5.53 Å². The van der Waals surface area contributed by atoms with E-state index < -0.39 is 4.92 Å². The molecule has 62 valence electrons. The fraction of sp³-hybridized carbons (Fsp3) is 0. The average molecular weight is 167 g/mol. The third kappa shape index (κ3) is 1.36. The highest BCUT2D eigenvalue weighted by Gasteiger charge is 2.12. The highest BCUT2D eigenvalue weighted by atomic mass is 16.6. The Morgan fingerprint density at radius 2 is 2.25 bits per heavy atom. The molecule has 0 atom stereocenters.